The van der Waals surface area contributed by atoms with Crippen molar-refractivity contribution in [1.29, 1.82) is 0 Å². The number of amides is 1. The zero-order chi connectivity index (χ0) is 27.8. The molecule has 0 aliphatic rings. The van der Waals surface area contributed by atoms with Crippen LogP contribution in [0.15, 0.2) is 51.4 Å². The Morgan fingerprint density at radius 2 is 1.87 bits per heavy atom. The molecule has 14 heteroatoms. The van der Waals surface area contributed by atoms with Crippen molar-refractivity contribution >= 4 is 54.3 Å². The molecular formula is C24H23BrF3N5O4S. The Bertz CT molecular complexity index is 1630. The molecule has 0 atom stereocenters. The summed E-state index contributed by atoms with van der Waals surface area (Å²) < 4.78 is 72.2. The van der Waals surface area contributed by atoms with E-state index in [0.717, 1.165) is 5.56 Å². The van der Waals surface area contributed by atoms with Crippen LogP contribution in [-0.2, 0) is 23.0 Å². The number of nitrogens with one attached hydrogen (secondary N) is 3. The number of aryl methyl sites for hydroxylation is 1. The van der Waals surface area contributed by atoms with Crippen LogP contribution in [0.3, 0.4) is 0 Å². The van der Waals surface area contributed by atoms with E-state index in [4.69, 9.17) is 4.42 Å². The van der Waals surface area contributed by atoms with Gasteiger partial charge in [0.25, 0.3) is 5.91 Å². The highest BCUT2D eigenvalue weighted by Crippen LogP contribution is 2.42. The summed E-state index contributed by atoms with van der Waals surface area (Å²) in [6.07, 6.45) is 0.581. The fourth-order valence-electron chi connectivity index (χ4n) is 4.00. The van der Waals surface area contributed by atoms with Crippen molar-refractivity contribution in [3.8, 4) is 11.3 Å². The van der Waals surface area contributed by atoms with Gasteiger partial charge in [0.1, 0.15) is 11.4 Å². The zero-order valence-electron chi connectivity index (χ0n) is 20.4. The summed E-state index contributed by atoms with van der Waals surface area (Å²) in [6.45, 7) is 2.24. The Morgan fingerprint density at radius 1 is 1.16 bits per heavy atom. The Kier molecular flexibility index (Phi) is 7.48. The van der Waals surface area contributed by atoms with Crippen LogP contribution >= 0.6 is 15.9 Å². The van der Waals surface area contributed by atoms with E-state index in [9.17, 15) is 26.4 Å². The van der Waals surface area contributed by atoms with E-state index < -0.39 is 15.5 Å². The Morgan fingerprint density at radius 3 is 2.50 bits per heavy atom. The molecule has 38 heavy (non-hydrogen) atoms. The number of para-hydroxylation sites is 1. The molecule has 0 fully saturated rings. The smallest absolute Gasteiger partial charge is 0.455 e. The van der Waals surface area contributed by atoms with Crippen molar-refractivity contribution in [2.24, 2.45) is 0 Å². The number of sulfonamides is 1. The van der Waals surface area contributed by atoms with E-state index in [1.165, 1.54) is 25.2 Å². The van der Waals surface area contributed by atoms with E-state index in [0.29, 0.717) is 45.7 Å². The van der Waals surface area contributed by atoms with E-state index in [1.807, 2.05) is 17.6 Å². The molecule has 0 spiro atoms. The third-order valence-corrected chi connectivity index (χ3v) is 7.68. The molecule has 0 saturated carbocycles. The molecule has 0 bridgehead atoms. The topological polar surface area (TPSA) is 118 Å². The van der Waals surface area contributed by atoms with Crippen LogP contribution in [0.4, 0.5) is 24.7 Å². The third kappa shape index (κ3) is 4.97. The Labute approximate surface area is 224 Å². The summed E-state index contributed by atoms with van der Waals surface area (Å²) in [5.74, 6) is 1.00. The minimum absolute atomic E-state index is 0.119. The van der Waals surface area contributed by atoms with Crippen molar-refractivity contribution in [1.82, 2.24) is 14.9 Å². The number of furan rings is 1. The zero-order valence-corrected chi connectivity index (χ0v) is 22.8. The molecule has 2 aromatic carbocycles. The van der Waals surface area contributed by atoms with Gasteiger partial charge in [-0.2, -0.15) is 21.6 Å². The van der Waals surface area contributed by atoms with Gasteiger partial charge in [-0.25, -0.2) is 4.98 Å². The van der Waals surface area contributed by atoms with Gasteiger partial charge in [-0.05, 0) is 45.8 Å². The van der Waals surface area contributed by atoms with Gasteiger partial charge in [-0.1, -0.05) is 25.1 Å². The maximum absolute atomic E-state index is 13.0. The normalized spacial score (nSPS) is 12.1. The second-order valence-electron chi connectivity index (χ2n) is 8.17. The van der Waals surface area contributed by atoms with Crippen molar-refractivity contribution in [2.75, 3.05) is 24.1 Å². The number of hydrogen-bond donors (Lipinski definition) is 3. The summed E-state index contributed by atoms with van der Waals surface area (Å²) in [4.78, 5) is 17.1. The minimum atomic E-state index is -5.64. The second-order valence-corrected chi connectivity index (χ2v) is 10.6. The molecule has 202 valence electrons. The molecular weight excluding hydrogens is 591 g/mol. The van der Waals surface area contributed by atoms with Crippen LogP contribution in [0.2, 0.25) is 0 Å². The van der Waals surface area contributed by atoms with Crippen LogP contribution in [0.5, 0.6) is 0 Å². The minimum Gasteiger partial charge on any atom is -0.455 e. The summed E-state index contributed by atoms with van der Waals surface area (Å²) in [5, 5.41) is 6.19. The average Bonchev–Trinajstić information content (AvgIpc) is 3.40. The van der Waals surface area contributed by atoms with Gasteiger partial charge < -0.3 is 19.6 Å². The third-order valence-electron chi connectivity index (χ3n) is 5.80. The molecule has 9 nitrogen and oxygen atoms in total. The molecule has 0 aliphatic heterocycles. The number of rotatable bonds is 8. The number of benzene rings is 2. The van der Waals surface area contributed by atoms with Gasteiger partial charge in [0.15, 0.2) is 17.3 Å². The predicted octanol–water partition coefficient (Wildman–Crippen LogP) is 5.33. The van der Waals surface area contributed by atoms with E-state index in [1.54, 1.807) is 30.0 Å². The van der Waals surface area contributed by atoms with Gasteiger partial charge in [-0.15, -0.1) is 0 Å². The van der Waals surface area contributed by atoms with Gasteiger partial charge >= 0.3 is 15.5 Å². The van der Waals surface area contributed by atoms with E-state index in [-0.39, 0.29) is 22.9 Å². The van der Waals surface area contributed by atoms with Crippen LogP contribution in [0.25, 0.3) is 22.3 Å². The van der Waals surface area contributed by atoms with Crippen LogP contribution in [0.1, 0.15) is 28.8 Å². The number of anilines is 2. The average molecular weight is 614 g/mol. The first-order valence-corrected chi connectivity index (χ1v) is 13.6. The van der Waals surface area contributed by atoms with Gasteiger partial charge in [0.2, 0.25) is 0 Å². The lowest BCUT2D eigenvalue weighted by molar-refractivity contribution is -0.0429. The summed E-state index contributed by atoms with van der Waals surface area (Å²) in [5.41, 5.74) is -4.04. The highest BCUT2D eigenvalue weighted by Gasteiger charge is 2.46. The number of carbonyl (C=O) groups excluding carboxylic acids is 1. The van der Waals surface area contributed by atoms with Crippen molar-refractivity contribution in [2.45, 2.75) is 25.4 Å². The fraction of sp³-hybridized carbons (Fsp3) is 0.250. The highest BCUT2D eigenvalue weighted by molar-refractivity contribution is 9.10. The number of carbonyl (C=O) groups is 1. The first-order valence-electron chi connectivity index (χ1n) is 11.3. The second kappa shape index (κ2) is 10.3. The molecule has 2 aromatic heterocycles. The van der Waals surface area contributed by atoms with Crippen LogP contribution in [0, 0.1) is 0 Å². The number of nitrogens with zero attached hydrogens (tertiary/aromatic N) is 2. The number of alkyl halides is 3. The van der Waals surface area contributed by atoms with E-state index >= 15 is 0 Å². The predicted molar refractivity (Wildman–Crippen MR) is 142 cm³/mol. The fourth-order valence-corrected chi connectivity index (χ4v) is 5.19. The summed E-state index contributed by atoms with van der Waals surface area (Å²) >= 11 is 3.47. The van der Waals surface area contributed by atoms with Crippen LogP contribution < -0.4 is 15.4 Å². The number of fused-ring (bicyclic) bond motifs is 1. The number of aromatic nitrogens is 2. The largest absolute Gasteiger partial charge is 0.516 e. The van der Waals surface area contributed by atoms with Crippen molar-refractivity contribution in [3.63, 3.8) is 0 Å². The first-order chi connectivity index (χ1) is 17.9. The quantitative estimate of drug-likeness (QED) is 0.247. The molecule has 4 aromatic rings. The Balaban J connectivity index is 1.77. The summed E-state index contributed by atoms with van der Waals surface area (Å²) in [6, 6.07) is 10.9. The summed E-state index contributed by atoms with van der Waals surface area (Å²) in [7, 11) is -2.42. The molecule has 0 unspecified atom stereocenters. The molecule has 3 N–H and O–H groups in total. The lowest BCUT2D eigenvalue weighted by atomic mass is 10.1. The van der Waals surface area contributed by atoms with Crippen molar-refractivity contribution in [3.05, 3.63) is 64.0 Å². The molecule has 2 heterocycles. The molecule has 4 rings (SSSR count). The molecule has 0 aliphatic carbocycles. The molecule has 1 amide bonds. The highest BCUT2D eigenvalue weighted by atomic mass is 79.9. The SMILES string of the molecule is CCc1nc(NC)c(C(=O)NC)n1Cc1ccc2oc(-c3ccccc3NS(=O)(=O)C(F)(F)F)c(Br)c2c1. The Hall–Kier alpha value is -3.52. The first kappa shape index (κ1) is 27.5. The van der Waals surface area contributed by atoms with Crippen molar-refractivity contribution < 1.29 is 30.8 Å². The lowest BCUT2D eigenvalue weighted by Crippen LogP contribution is -2.30. The molecule has 0 radical (unpaired) electrons. The van der Waals surface area contributed by atoms with Gasteiger partial charge in [0.05, 0.1) is 10.2 Å². The number of imidazole rings is 1. The number of halogens is 4. The van der Waals surface area contributed by atoms with Crippen LogP contribution in [-0.4, -0.2) is 43.5 Å². The molecule has 0 saturated heterocycles. The van der Waals surface area contributed by atoms with E-state index in [2.05, 4.69) is 31.5 Å². The number of hydrogen-bond acceptors (Lipinski definition) is 6. The lowest BCUT2D eigenvalue weighted by Gasteiger charge is -2.13. The van der Waals surface area contributed by atoms with Gasteiger partial charge in [0, 0.05) is 38.0 Å². The standard InChI is InChI=1S/C24H23BrF3N5O4S/c1-4-18-31-22(29-2)20(23(34)30-3)33(18)12-13-9-10-17-15(11-13)19(25)21(37-17)14-7-5-6-8-16(14)32-38(35,36)24(26,27)28/h5-11,29,32H,4,12H2,1-3H3,(H,30,34). The maximum atomic E-state index is 13.0. The maximum Gasteiger partial charge on any atom is 0.516 e. The monoisotopic (exact) mass is 613 g/mol. The van der Waals surface area contributed by atoms with Gasteiger partial charge in [-0.3, -0.25) is 9.52 Å².